The molecular weight excluding hydrogens is 428 g/mol. The number of rotatable bonds is 6. The van der Waals surface area contributed by atoms with Crippen molar-refractivity contribution in [2.45, 2.75) is 31.8 Å². The van der Waals surface area contributed by atoms with E-state index in [2.05, 4.69) is 20.2 Å². The van der Waals surface area contributed by atoms with E-state index in [9.17, 15) is 22.8 Å². The summed E-state index contributed by atoms with van der Waals surface area (Å²) in [4.78, 5) is 41.9. The van der Waals surface area contributed by atoms with Crippen LogP contribution in [0.15, 0.2) is 27.7 Å². The molecule has 0 spiro atoms. The van der Waals surface area contributed by atoms with E-state index in [1.165, 1.54) is 36.9 Å². The van der Waals surface area contributed by atoms with Gasteiger partial charge >= 0.3 is 11.9 Å². The summed E-state index contributed by atoms with van der Waals surface area (Å²) in [7, 11) is -1.10. The number of allylic oxidation sites excluding steroid dienone is 2. The van der Waals surface area contributed by atoms with Crippen LogP contribution in [0.5, 0.6) is 0 Å². The minimum Gasteiger partial charge on any atom is -0.352 e. The molecule has 0 bridgehead atoms. The Hall–Kier alpha value is -3.19. The highest BCUT2D eigenvalue weighted by atomic mass is 32.2. The fourth-order valence-corrected chi connectivity index (χ4v) is 4.83. The average molecular weight is 449 g/mol. The highest BCUT2D eigenvalue weighted by Crippen LogP contribution is 2.36. The van der Waals surface area contributed by atoms with Gasteiger partial charge in [0.1, 0.15) is 11.6 Å². The van der Waals surface area contributed by atoms with Crippen molar-refractivity contribution in [2.24, 2.45) is 5.92 Å². The number of carbonyl (C=O) groups excluding carboxylic acids is 3. The molecule has 2 N–H and O–H groups in total. The first-order valence-electron chi connectivity index (χ1n) is 9.49. The number of nitrogens with zero attached hydrogens (tertiary/aromatic N) is 4. The third-order valence-corrected chi connectivity index (χ3v) is 7.03. The Morgan fingerprint density at radius 1 is 1.35 bits per heavy atom. The van der Waals surface area contributed by atoms with E-state index in [1.54, 1.807) is 0 Å². The molecule has 2 aliphatic carbocycles. The predicted molar refractivity (Wildman–Crippen MR) is 105 cm³/mol. The summed E-state index contributed by atoms with van der Waals surface area (Å²) >= 11 is 0. The third kappa shape index (κ3) is 3.81. The number of sulfonamides is 1. The number of urea groups is 1. The summed E-state index contributed by atoms with van der Waals surface area (Å²) in [5.74, 6) is -2.29. The second-order valence-electron chi connectivity index (χ2n) is 7.83. The maximum absolute atomic E-state index is 12.7. The van der Waals surface area contributed by atoms with E-state index >= 15 is 0 Å². The maximum Gasteiger partial charge on any atom is 0.501 e. The van der Waals surface area contributed by atoms with Gasteiger partial charge in [0.15, 0.2) is 6.54 Å². The summed E-state index contributed by atoms with van der Waals surface area (Å²) in [6.45, 7) is 1.62. The summed E-state index contributed by atoms with van der Waals surface area (Å²) < 4.78 is 34.4. The van der Waals surface area contributed by atoms with Gasteiger partial charge in [-0.1, -0.05) is 5.16 Å². The van der Waals surface area contributed by atoms with Gasteiger partial charge in [0, 0.05) is 12.6 Å². The van der Waals surface area contributed by atoms with Gasteiger partial charge in [-0.2, -0.15) is 19.3 Å². The first kappa shape index (κ1) is 21.1. The van der Waals surface area contributed by atoms with Crippen molar-refractivity contribution in [3.05, 3.63) is 34.8 Å². The van der Waals surface area contributed by atoms with Gasteiger partial charge in [-0.15, -0.1) is 0 Å². The van der Waals surface area contributed by atoms with Crippen LogP contribution >= 0.6 is 0 Å². The van der Waals surface area contributed by atoms with E-state index in [4.69, 9.17) is 4.52 Å². The molecule has 1 fully saturated rings. The van der Waals surface area contributed by atoms with Crippen LogP contribution in [0.25, 0.3) is 0 Å². The molecule has 31 heavy (non-hydrogen) atoms. The van der Waals surface area contributed by atoms with Gasteiger partial charge in [-0.05, 0) is 38.0 Å². The van der Waals surface area contributed by atoms with Gasteiger partial charge in [0.25, 0.3) is 17.6 Å². The molecule has 3 aliphatic rings. The summed E-state index contributed by atoms with van der Waals surface area (Å²) in [5, 5.41) is 5.92. The topological polar surface area (TPSA) is 155 Å². The first-order chi connectivity index (χ1) is 14.5. The quantitative estimate of drug-likeness (QED) is 0.552. The highest BCUT2D eigenvalue weighted by Gasteiger charge is 2.47. The molecule has 0 aromatic carbocycles. The Balaban J connectivity index is 1.68. The molecule has 1 saturated carbocycles. The zero-order valence-electron chi connectivity index (χ0n) is 17.1. The molecule has 1 aromatic rings. The van der Waals surface area contributed by atoms with Crippen LogP contribution in [-0.2, 0) is 21.4 Å². The van der Waals surface area contributed by atoms with Crippen LogP contribution in [0.4, 0.5) is 4.79 Å². The van der Waals surface area contributed by atoms with Crippen molar-refractivity contribution in [1.29, 1.82) is 0 Å². The van der Waals surface area contributed by atoms with Crippen molar-refractivity contribution in [2.75, 3.05) is 14.1 Å². The molecule has 1 aliphatic heterocycles. The normalized spacial score (nSPS) is 22.4. The van der Waals surface area contributed by atoms with Crippen molar-refractivity contribution in [3.8, 4) is 0 Å². The average Bonchev–Trinajstić information content (AvgIpc) is 3.26. The number of carbonyl (C=O) groups is 3. The first-order valence-corrected chi connectivity index (χ1v) is 11.0. The molecule has 0 saturated heterocycles. The maximum atomic E-state index is 12.7. The Morgan fingerprint density at radius 3 is 2.71 bits per heavy atom. The smallest absolute Gasteiger partial charge is 0.352 e. The van der Waals surface area contributed by atoms with Crippen LogP contribution in [0.2, 0.25) is 0 Å². The van der Waals surface area contributed by atoms with Gasteiger partial charge in [-0.25, -0.2) is 17.9 Å². The monoisotopic (exact) mass is 449 g/mol. The highest BCUT2D eigenvalue weighted by molar-refractivity contribution is 7.93. The predicted octanol–water partition coefficient (Wildman–Crippen LogP) is -0.483. The van der Waals surface area contributed by atoms with E-state index in [0.29, 0.717) is 0 Å². The SMILES string of the molecule is CNC(=O)c1noc(C[N+]2=C3C=CC(S(=O)(=O)NC4(C)CC4)=CC3C(=O)N(C)C2=O)n1. The lowest BCUT2D eigenvalue weighted by Gasteiger charge is -2.25. The van der Waals surface area contributed by atoms with Crippen molar-refractivity contribution in [1.82, 2.24) is 25.1 Å². The fourth-order valence-electron chi connectivity index (χ4n) is 3.30. The Bertz CT molecular complexity index is 1190. The van der Waals surface area contributed by atoms with Crippen LogP contribution < -0.4 is 10.0 Å². The number of hydrogen-bond acceptors (Lipinski definition) is 8. The lowest BCUT2D eigenvalue weighted by Crippen LogP contribution is -2.52. The number of fused-ring (bicyclic) bond motifs is 1. The minimum absolute atomic E-state index is 0.0138. The van der Waals surface area contributed by atoms with Crippen LogP contribution in [0.3, 0.4) is 0 Å². The largest absolute Gasteiger partial charge is 0.501 e. The zero-order chi connectivity index (χ0) is 22.6. The van der Waals surface area contributed by atoms with Crippen molar-refractivity contribution < 1.29 is 31.9 Å². The number of imide groups is 1. The van der Waals surface area contributed by atoms with Gasteiger partial charge in [0.05, 0.1) is 12.0 Å². The van der Waals surface area contributed by atoms with Crippen molar-refractivity contribution in [3.63, 3.8) is 0 Å². The van der Waals surface area contributed by atoms with Gasteiger partial charge in [-0.3, -0.25) is 4.79 Å². The minimum atomic E-state index is -3.82. The molecule has 1 aromatic heterocycles. The number of hydrogen-bond donors (Lipinski definition) is 2. The molecule has 1 unspecified atom stereocenters. The number of aromatic nitrogens is 2. The molecule has 1 atom stereocenters. The van der Waals surface area contributed by atoms with Crippen LogP contribution in [-0.4, -0.2) is 71.2 Å². The van der Waals surface area contributed by atoms with E-state index in [0.717, 1.165) is 17.7 Å². The molecule has 164 valence electrons. The summed E-state index contributed by atoms with van der Waals surface area (Å²) in [6, 6.07) is -0.635. The van der Waals surface area contributed by atoms with Gasteiger partial charge in [0.2, 0.25) is 10.0 Å². The molecule has 4 amide bonds. The molecule has 4 rings (SSSR count). The summed E-state index contributed by atoms with van der Waals surface area (Å²) in [5.41, 5.74) is -0.183. The van der Waals surface area contributed by atoms with E-state index in [-0.39, 0.29) is 28.9 Å². The number of amides is 4. The van der Waals surface area contributed by atoms with E-state index in [1.807, 2.05) is 6.92 Å². The van der Waals surface area contributed by atoms with E-state index < -0.39 is 39.3 Å². The zero-order valence-corrected chi connectivity index (χ0v) is 17.9. The molecule has 2 heterocycles. The molecule has 12 nitrogen and oxygen atoms in total. The lowest BCUT2D eigenvalue weighted by atomic mass is 9.94. The number of nitrogens with one attached hydrogen (secondary N) is 2. The molecule has 13 heteroatoms. The Morgan fingerprint density at radius 2 is 2.06 bits per heavy atom. The second kappa shape index (κ2) is 7.20. The molecular formula is C18H21N6O6S+. The van der Waals surface area contributed by atoms with Crippen molar-refractivity contribution >= 4 is 33.6 Å². The third-order valence-electron chi connectivity index (χ3n) is 5.38. The second-order valence-corrected chi connectivity index (χ2v) is 9.51. The lowest BCUT2D eigenvalue weighted by molar-refractivity contribution is -0.459. The Kier molecular flexibility index (Phi) is 4.89. The Labute approximate surface area is 177 Å². The van der Waals surface area contributed by atoms with Crippen LogP contribution in [0.1, 0.15) is 36.3 Å². The summed E-state index contributed by atoms with van der Waals surface area (Å²) in [6.07, 6.45) is 5.59. The fraction of sp³-hybridized carbons (Fsp3) is 0.444. The van der Waals surface area contributed by atoms with Crippen LogP contribution in [0, 0.1) is 5.92 Å². The molecule has 0 radical (unpaired) electrons. The standard InChI is InChI=1S/C18H20N6O6S/c1-18(6-7-18)22-31(28,29)10-4-5-12-11(8-10)16(26)23(3)17(27)24(12)9-13-20-14(21-30-13)15(25)19-2/h4-5,8,11,22H,6-7,9H2,1-3H3/p+1. The van der Waals surface area contributed by atoms with Gasteiger partial charge < -0.3 is 9.84 Å².